The molecule has 1 aromatic carbocycles. The number of imide groups is 1. The first-order valence-electron chi connectivity index (χ1n) is 10.8. The zero-order valence-electron chi connectivity index (χ0n) is 20.4. The number of nitrogens with one attached hydrogen (secondary N) is 1. The quantitative estimate of drug-likeness (QED) is 0.282. The van der Waals surface area contributed by atoms with Crippen LogP contribution in [0.2, 0.25) is 5.02 Å². The first kappa shape index (κ1) is 33.1. The second kappa shape index (κ2) is 13.5. The van der Waals surface area contributed by atoms with Crippen LogP contribution in [0.1, 0.15) is 36.8 Å². The second-order valence-electron chi connectivity index (χ2n) is 7.66. The number of amides is 3. The average Bonchev–Trinajstić information content (AvgIpc) is 3.15. The van der Waals surface area contributed by atoms with Crippen molar-refractivity contribution < 1.29 is 60.5 Å². The molecule has 0 fully saturated rings. The van der Waals surface area contributed by atoms with E-state index in [1.54, 1.807) is 36.4 Å². The molecule has 1 aliphatic rings. The maximum atomic E-state index is 12.6. The minimum Gasteiger partial charge on any atom is -0.475 e. The van der Waals surface area contributed by atoms with Gasteiger partial charge >= 0.3 is 24.3 Å². The molecular weight excluding hydrogens is 606 g/mol. The maximum absolute atomic E-state index is 12.6. The summed E-state index contributed by atoms with van der Waals surface area (Å²) in [5, 5.41) is 17.3. The summed E-state index contributed by atoms with van der Waals surface area (Å²) >= 11 is 6.32. The van der Waals surface area contributed by atoms with E-state index in [-0.39, 0.29) is 17.8 Å². The number of alkyl halides is 6. The summed E-state index contributed by atoms with van der Waals surface area (Å²) in [5.74, 6) is -6.81. The predicted octanol–water partition coefficient (Wildman–Crippen LogP) is 4.45. The Morgan fingerprint density at radius 1 is 0.833 bits per heavy atom. The second-order valence-corrected chi connectivity index (χ2v) is 8.07. The zero-order chi connectivity index (χ0) is 31.8. The van der Waals surface area contributed by atoms with Gasteiger partial charge in [-0.1, -0.05) is 23.7 Å². The van der Waals surface area contributed by atoms with Gasteiger partial charge < -0.3 is 15.5 Å². The third kappa shape index (κ3) is 8.72. The Kier molecular flexibility index (Phi) is 10.7. The lowest BCUT2D eigenvalue weighted by atomic mass is 10.1. The minimum absolute atomic E-state index is 0.0795. The predicted molar refractivity (Wildman–Crippen MR) is 129 cm³/mol. The summed E-state index contributed by atoms with van der Waals surface area (Å²) in [6, 6.07) is 11.5. The van der Waals surface area contributed by atoms with Crippen molar-refractivity contribution in [3.8, 4) is 0 Å². The molecule has 1 aliphatic heterocycles. The SMILES string of the molecule is O=C(Nc1cccc(Cl)c1CN1C(=O)c2ccncc2C1=O)c1ccccn1.O=C(O)C(F)(F)F.O=C(O)C(F)(F)F. The van der Waals surface area contributed by atoms with Gasteiger partial charge in [0.25, 0.3) is 17.7 Å². The van der Waals surface area contributed by atoms with Crippen molar-refractivity contribution in [2.75, 3.05) is 5.32 Å². The number of hydrogen-bond donors (Lipinski definition) is 3. The van der Waals surface area contributed by atoms with Crippen molar-refractivity contribution in [3.05, 3.63) is 88.5 Å². The summed E-state index contributed by atoms with van der Waals surface area (Å²) in [4.78, 5) is 64.5. The van der Waals surface area contributed by atoms with E-state index < -0.39 is 42.0 Å². The van der Waals surface area contributed by atoms with E-state index in [4.69, 9.17) is 31.4 Å². The number of carbonyl (C=O) groups is 5. The third-order valence-electron chi connectivity index (χ3n) is 4.84. The van der Waals surface area contributed by atoms with E-state index in [1.807, 2.05) is 0 Å². The molecule has 0 saturated heterocycles. The highest BCUT2D eigenvalue weighted by Gasteiger charge is 2.39. The Morgan fingerprint density at radius 2 is 1.40 bits per heavy atom. The van der Waals surface area contributed by atoms with Crippen molar-refractivity contribution in [3.63, 3.8) is 0 Å². The molecule has 0 spiro atoms. The van der Waals surface area contributed by atoms with Gasteiger partial charge in [0.05, 0.1) is 17.7 Å². The molecule has 3 aromatic rings. The zero-order valence-corrected chi connectivity index (χ0v) is 21.2. The number of nitrogens with zero attached hydrogens (tertiary/aromatic N) is 3. The molecule has 2 aromatic heterocycles. The molecule has 0 saturated carbocycles. The standard InChI is InChI=1S/C20H13ClN4O3.2C2HF3O2/c21-15-4-3-6-16(24-18(26)17-5-1-2-8-23-17)14(15)11-25-19(27)12-7-9-22-10-13(12)20(25)28;2*3-2(4,5)1(6)7/h1-10H,11H2,(H,24,26);2*(H,6,7). The molecule has 0 radical (unpaired) electrons. The molecule has 3 amide bonds. The minimum atomic E-state index is -5.08. The number of anilines is 1. The number of pyridine rings is 2. The molecule has 0 bridgehead atoms. The van der Waals surface area contributed by atoms with Crippen LogP contribution in [0.3, 0.4) is 0 Å². The van der Waals surface area contributed by atoms with E-state index in [9.17, 15) is 40.7 Å². The highest BCUT2D eigenvalue weighted by Crippen LogP contribution is 2.30. The van der Waals surface area contributed by atoms with Gasteiger partial charge in [-0.15, -0.1) is 0 Å². The van der Waals surface area contributed by atoms with Gasteiger partial charge in [-0.2, -0.15) is 26.3 Å². The summed E-state index contributed by atoms with van der Waals surface area (Å²) < 4.78 is 63.5. The number of hydrogen-bond acceptors (Lipinski definition) is 7. The van der Waals surface area contributed by atoms with Crippen LogP contribution in [-0.4, -0.2) is 67.1 Å². The Morgan fingerprint density at radius 3 is 1.90 bits per heavy atom. The normalized spacial score (nSPS) is 12.3. The van der Waals surface area contributed by atoms with Crippen LogP contribution in [0.25, 0.3) is 0 Å². The summed E-state index contributed by atoms with van der Waals surface area (Å²) in [7, 11) is 0. The van der Waals surface area contributed by atoms with Crippen LogP contribution in [0, 0.1) is 0 Å². The van der Waals surface area contributed by atoms with Crippen LogP contribution in [0.4, 0.5) is 32.0 Å². The Hall–Kier alpha value is -5.06. The average molecular weight is 621 g/mol. The topological polar surface area (TPSA) is 167 Å². The van der Waals surface area contributed by atoms with Crippen LogP contribution < -0.4 is 5.32 Å². The van der Waals surface area contributed by atoms with E-state index in [2.05, 4.69) is 15.3 Å². The van der Waals surface area contributed by atoms with Gasteiger partial charge in [0, 0.05) is 34.9 Å². The summed E-state index contributed by atoms with van der Waals surface area (Å²) in [6.45, 7) is -0.0795. The van der Waals surface area contributed by atoms with Gasteiger partial charge in [0.1, 0.15) is 5.69 Å². The highest BCUT2D eigenvalue weighted by molar-refractivity contribution is 6.32. The molecule has 0 unspecified atom stereocenters. The lowest BCUT2D eigenvalue weighted by Gasteiger charge is -2.18. The Balaban J connectivity index is 0.000000367. The van der Waals surface area contributed by atoms with E-state index >= 15 is 0 Å². The molecule has 42 heavy (non-hydrogen) atoms. The smallest absolute Gasteiger partial charge is 0.475 e. The van der Waals surface area contributed by atoms with Crippen LogP contribution in [0.15, 0.2) is 61.1 Å². The lowest BCUT2D eigenvalue weighted by Crippen LogP contribution is -2.30. The fraction of sp³-hybridized carbons (Fsp3) is 0.125. The molecule has 3 N–H and O–H groups in total. The third-order valence-corrected chi connectivity index (χ3v) is 5.19. The number of carboxylic acids is 2. The number of rotatable bonds is 4. The number of carboxylic acid groups (broad SMARTS) is 2. The number of benzene rings is 1. The van der Waals surface area contributed by atoms with Crippen molar-refractivity contribution in [1.29, 1.82) is 0 Å². The Bertz CT molecular complexity index is 1440. The van der Waals surface area contributed by atoms with Crippen molar-refractivity contribution in [2.45, 2.75) is 18.9 Å². The molecule has 0 atom stereocenters. The fourth-order valence-electron chi connectivity index (χ4n) is 2.96. The van der Waals surface area contributed by atoms with Gasteiger partial charge in [-0.25, -0.2) is 9.59 Å². The van der Waals surface area contributed by atoms with Crippen molar-refractivity contribution in [1.82, 2.24) is 14.9 Å². The van der Waals surface area contributed by atoms with Crippen LogP contribution in [-0.2, 0) is 16.1 Å². The van der Waals surface area contributed by atoms with E-state index in [0.717, 1.165) is 4.90 Å². The molecule has 11 nitrogen and oxygen atoms in total. The molecule has 18 heteroatoms. The number of aliphatic carboxylic acids is 2. The first-order valence-corrected chi connectivity index (χ1v) is 11.2. The molecule has 4 rings (SSSR count). The lowest BCUT2D eigenvalue weighted by molar-refractivity contribution is -0.193. The number of carbonyl (C=O) groups excluding carboxylic acids is 3. The largest absolute Gasteiger partial charge is 0.490 e. The van der Waals surface area contributed by atoms with Gasteiger partial charge in [0.2, 0.25) is 0 Å². The van der Waals surface area contributed by atoms with E-state index in [0.29, 0.717) is 21.8 Å². The summed E-state index contributed by atoms with van der Waals surface area (Å²) in [6.07, 6.45) is -5.83. The maximum Gasteiger partial charge on any atom is 0.490 e. The van der Waals surface area contributed by atoms with E-state index in [1.165, 1.54) is 24.7 Å². The molecule has 3 heterocycles. The molecule has 222 valence electrons. The van der Waals surface area contributed by atoms with Gasteiger partial charge in [0.15, 0.2) is 0 Å². The van der Waals surface area contributed by atoms with Crippen molar-refractivity contribution >= 4 is 46.9 Å². The Labute approximate surface area is 235 Å². The molecule has 0 aliphatic carbocycles. The first-order chi connectivity index (χ1) is 19.4. The number of fused-ring (bicyclic) bond motifs is 1. The number of halogens is 7. The van der Waals surface area contributed by atoms with Crippen molar-refractivity contribution in [2.24, 2.45) is 0 Å². The number of aromatic nitrogens is 2. The summed E-state index contributed by atoms with van der Waals surface area (Å²) in [5.41, 5.74) is 1.64. The van der Waals surface area contributed by atoms with Crippen LogP contribution in [0.5, 0.6) is 0 Å². The van der Waals surface area contributed by atoms with Crippen LogP contribution >= 0.6 is 11.6 Å². The monoisotopic (exact) mass is 620 g/mol. The highest BCUT2D eigenvalue weighted by atomic mass is 35.5. The van der Waals surface area contributed by atoms with Gasteiger partial charge in [-0.05, 0) is 30.3 Å². The van der Waals surface area contributed by atoms with Gasteiger partial charge in [-0.3, -0.25) is 29.3 Å². The molecular formula is C24H15ClF6N4O7. The fourth-order valence-corrected chi connectivity index (χ4v) is 3.19.